The maximum Gasteiger partial charge on any atom is 0.220 e. The maximum atomic E-state index is 11.1. The van der Waals surface area contributed by atoms with Crippen LogP contribution in [-0.2, 0) is 14.4 Å². The Morgan fingerprint density at radius 1 is 0.875 bits per heavy atom. The Morgan fingerprint density at radius 3 is 1.81 bits per heavy atom. The van der Waals surface area contributed by atoms with Crippen molar-refractivity contribution >= 4 is 17.6 Å². The van der Waals surface area contributed by atoms with Crippen LogP contribution in [0.2, 0.25) is 0 Å². The molecule has 0 aliphatic heterocycles. The molecule has 0 rings (SSSR count). The smallest absolute Gasteiger partial charge is 0.220 e. The quantitative estimate of drug-likeness (QED) is 0.590. The maximum absolute atomic E-state index is 11.1. The first-order chi connectivity index (χ1) is 7.56. The fourth-order valence-electron chi connectivity index (χ4n) is 1.10. The van der Waals surface area contributed by atoms with E-state index in [4.69, 9.17) is 0 Å². The lowest BCUT2D eigenvalue weighted by Gasteiger charge is -2.06. The Hall–Kier alpha value is -1.39. The molecular formula is C11H20N2O3. The summed E-state index contributed by atoms with van der Waals surface area (Å²) < 4.78 is 0. The second-order valence-corrected chi connectivity index (χ2v) is 3.65. The molecule has 0 saturated heterocycles. The highest BCUT2D eigenvalue weighted by molar-refractivity contribution is 5.83. The van der Waals surface area contributed by atoms with Gasteiger partial charge in [0.15, 0.2) is 0 Å². The lowest BCUT2D eigenvalue weighted by atomic mass is 10.2. The first-order valence-corrected chi connectivity index (χ1v) is 5.59. The van der Waals surface area contributed by atoms with Gasteiger partial charge in [0.25, 0.3) is 0 Å². The van der Waals surface area contributed by atoms with Crippen LogP contribution >= 0.6 is 0 Å². The van der Waals surface area contributed by atoms with Crippen LogP contribution in [0.1, 0.15) is 39.5 Å². The summed E-state index contributed by atoms with van der Waals surface area (Å²) in [7, 11) is 0. The van der Waals surface area contributed by atoms with Gasteiger partial charge in [-0.1, -0.05) is 6.92 Å². The van der Waals surface area contributed by atoms with E-state index in [2.05, 4.69) is 10.6 Å². The number of nitrogens with one attached hydrogen (secondary N) is 2. The predicted octanol–water partition coefficient (Wildman–Crippen LogP) is 0.388. The fourth-order valence-corrected chi connectivity index (χ4v) is 1.10. The van der Waals surface area contributed by atoms with Crippen molar-refractivity contribution in [3.63, 3.8) is 0 Å². The minimum Gasteiger partial charge on any atom is -0.354 e. The Bertz CT molecular complexity index is 252. The second-order valence-electron chi connectivity index (χ2n) is 3.65. The van der Waals surface area contributed by atoms with Crippen molar-refractivity contribution in [2.75, 3.05) is 13.1 Å². The molecule has 5 heteroatoms. The zero-order chi connectivity index (χ0) is 12.4. The van der Waals surface area contributed by atoms with Gasteiger partial charge in [0.2, 0.25) is 11.8 Å². The van der Waals surface area contributed by atoms with Crippen LogP contribution < -0.4 is 10.6 Å². The molecular weight excluding hydrogens is 208 g/mol. The summed E-state index contributed by atoms with van der Waals surface area (Å²) in [6, 6.07) is 0. The van der Waals surface area contributed by atoms with Crippen molar-refractivity contribution in [1.29, 1.82) is 0 Å². The molecule has 0 unspecified atom stereocenters. The third-order valence-electron chi connectivity index (χ3n) is 1.95. The molecule has 0 heterocycles. The molecule has 0 aliphatic carbocycles. The van der Waals surface area contributed by atoms with Gasteiger partial charge in [-0.3, -0.25) is 9.59 Å². The molecule has 0 spiro atoms. The summed E-state index contributed by atoms with van der Waals surface area (Å²) in [4.78, 5) is 32.8. The van der Waals surface area contributed by atoms with E-state index < -0.39 is 0 Å². The first kappa shape index (κ1) is 14.6. The monoisotopic (exact) mass is 228 g/mol. The highest BCUT2D eigenvalue weighted by Gasteiger charge is 2.03. The highest BCUT2D eigenvalue weighted by Crippen LogP contribution is 1.89. The summed E-state index contributed by atoms with van der Waals surface area (Å²) in [5.41, 5.74) is 0. The molecule has 0 aromatic rings. The first-order valence-electron chi connectivity index (χ1n) is 5.59. The average Bonchev–Trinajstić information content (AvgIpc) is 2.22. The molecule has 0 aliphatic rings. The van der Waals surface area contributed by atoms with Crippen molar-refractivity contribution in [2.24, 2.45) is 0 Å². The standard InChI is InChI=1S/C11H20N2O3/c1-3-4-10(15)12-7-8-13-11(16)6-5-9(2)14/h3-8H2,1-2H3,(H,12,15)(H,13,16). The lowest BCUT2D eigenvalue weighted by Crippen LogP contribution is -2.34. The van der Waals surface area contributed by atoms with Crippen molar-refractivity contribution in [2.45, 2.75) is 39.5 Å². The van der Waals surface area contributed by atoms with Gasteiger partial charge in [0.1, 0.15) is 5.78 Å². The molecule has 0 aromatic heterocycles. The van der Waals surface area contributed by atoms with Crippen LogP contribution in [0.3, 0.4) is 0 Å². The van der Waals surface area contributed by atoms with Gasteiger partial charge < -0.3 is 15.4 Å². The molecule has 92 valence electrons. The molecule has 0 bridgehead atoms. The van der Waals surface area contributed by atoms with Crippen LogP contribution in [0.15, 0.2) is 0 Å². The van der Waals surface area contributed by atoms with E-state index in [1.54, 1.807) is 0 Å². The van der Waals surface area contributed by atoms with Crippen LogP contribution in [0.4, 0.5) is 0 Å². The summed E-state index contributed by atoms with van der Waals surface area (Å²) in [5.74, 6) is -0.146. The molecule has 2 amide bonds. The van der Waals surface area contributed by atoms with E-state index in [0.717, 1.165) is 6.42 Å². The van der Waals surface area contributed by atoms with Crippen molar-refractivity contribution < 1.29 is 14.4 Å². The van der Waals surface area contributed by atoms with Gasteiger partial charge in [-0.05, 0) is 13.3 Å². The SMILES string of the molecule is CCCC(=O)NCCNC(=O)CCC(C)=O. The summed E-state index contributed by atoms with van der Waals surface area (Å²) >= 11 is 0. The van der Waals surface area contributed by atoms with Gasteiger partial charge >= 0.3 is 0 Å². The number of Topliss-reactive ketones (excluding diaryl/α,β-unsaturated/α-hetero) is 1. The lowest BCUT2D eigenvalue weighted by molar-refractivity contribution is -0.124. The van der Waals surface area contributed by atoms with Crippen molar-refractivity contribution in [3.05, 3.63) is 0 Å². The average molecular weight is 228 g/mol. The zero-order valence-corrected chi connectivity index (χ0v) is 9.97. The third-order valence-corrected chi connectivity index (χ3v) is 1.95. The largest absolute Gasteiger partial charge is 0.354 e. The summed E-state index contributed by atoms with van der Waals surface area (Å²) in [6.45, 7) is 4.23. The molecule has 0 aromatic carbocycles. The highest BCUT2D eigenvalue weighted by atomic mass is 16.2. The molecule has 16 heavy (non-hydrogen) atoms. The summed E-state index contributed by atoms with van der Waals surface area (Å²) in [5, 5.41) is 5.31. The number of hydrogen-bond acceptors (Lipinski definition) is 3. The minimum atomic E-state index is -0.153. The van der Waals surface area contributed by atoms with E-state index in [-0.39, 0.29) is 30.4 Å². The molecule has 0 atom stereocenters. The van der Waals surface area contributed by atoms with E-state index in [1.807, 2.05) is 6.92 Å². The van der Waals surface area contributed by atoms with Crippen LogP contribution in [0.25, 0.3) is 0 Å². The van der Waals surface area contributed by atoms with Gasteiger partial charge in [-0.15, -0.1) is 0 Å². The predicted molar refractivity (Wildman–Crippen MR) is 60.8 cm³/mol. The fraction of sp³-hybridized carbons (Fsp3) is 0.727. The van der Waals surface area contributed by atoms with Crippen LogP contribution in [0, 0.1) is 0 Å². The number of hydrogen-bond donors (Lipinski definition) is 2. The summed E-state index contributed by atoms with van der Waals surface area (Å²) in [6.07, 6.45) is 1.82. The van der Waals surface area contributed by atoms with Crippen molar-refractivity contribution in [1.82, 2.24) is 10.6 Å². The normalized spacial score (nSPS) is 9.62. The molecule has 2 N–H and O–H groups in total. The van der Waals surface area contributed by atoms with Crippen molar-refractivity contribution in [3.8, 4) is 0 Å². The molecule has 0 saturated carbocycles. The van der Waals surface area contributed by atoms with Gasteiger partial charge in [0.05, 0.1) is 0 Å². The Morgan fingerprint density at radius 2 is 1.38 bits per heavy atom. The zero-order valence-electron chi connectivity index (χ0n) is 9.97. The number of carbonyl (C=O) groups excluding carboxylic acids is 3. The number of carbonyl (C=O) groups is 3. The number of rotatable bonds is 8. The number of amides is 2. The Balaban J connectivity index is 3.40. The van der Waals surface area contributed by atoms with Gasteiger partial charge in [0, 0.05) is 32.4 Å². The van der Waals surface area contributed by atoms with Gasteiger partial charge in [-0.25, -0.2) is 0 Å². The Labute approximate surface area is 96.0 Å². The van der Waals surface area contributed by atoms with E-state index in [1.165, 1.54) is 6.92 Å². The molecule has 0 fully saturated rings. The number of ketones is 1. The second kappa shape index (κ2) is 8.88. The van der Waals surface area contributed by atoms with E-state index in [9.17, 15) is 14.4 Å². The van der Waals surface area contributed by atoms with Gasteiger partial charge in [-0.2, -0.15) is 0 Å². The third kappa shape index (κ3) is 9.18. The topological polar surface area (TPSA) is 75.3 Å². The Kier molecular flexibility index (Phi) is 8.11. The molecule has 5 nitrogen and oxygen atoms in total. The van der Waals surface area contributed by atoms with Crippen LogP contribution in [0.5, 0.6) is 0 Å². The van der Waals surface area contributed by atoms with Crippen LogP contribution in [-0.4, -0.2) is 30.7 Å². The molecule has 0 radical (unpaired) electrons. The van der Waals surface area contributed by atoms with E-state index in [0.29, 0.717) is 19.5 Å². The van der Waals surface area contributed by atoms with E-state index >= 15 is 0 Å². The minimum absolute atomic E-state index is 0.000449.